The van der Waals surface area contributed by atoms with Crippen LogP contribution >= 0.6 is 0 Å². The molecule has 1 aliphatic heterocycles. The summed E-state index contributed by atoms with van der Waals surface area (Å²) in [6.07, 6.45) is 0.384. The summed E-state index contributed by atoms with van der Waals surface area (Å²) in [4.78, 5) is 31.5. The molecule has 1 N–H and O–H groups in total. The number of fused-ring (bicyclic) bond motifs is 1. The van der Waals surface area contributed by atoms with Crippen LogP contribution in [0.3, 0.4) is 0 Å². The van der Waals surface area contributed by atoms with E-state index < -0.39 is 5.60 Å². The molecule has 0 radical (unpaired) electrons. The van der Waals surface area contributed by atoms with Crippen molar-refractivity contribution in [2.75, 3.05) is 31.5 Å². The van der Waals surface area contributed by atoms with Crippen LogP contribution in [-0.2, 0) is 16.1 Å². The molecule has 0 atom stereocenters. The third-order valence-corrected chi connectivity index (χ3v) is 4.43. The standard InChI is InChI=1S/C20H26N4O3/c1-20(2,3)27-19(26)24-10-8-23(9-11-24)13-15-12-18(21-14-25)22-17-7-5-4-6-16(15)17/h4-7,12,14H,8-11,13H2,1-3H3,(H,21,22,25). The van der Waals surface area contributed by atoms with E-state index in [1.807, 2.05) is 51.1 Å². The van der Waals surface area contributed by atoms with Gasteiger partial charge in [-0.2, -0.15) is 0 Å². The molecule has 144 valence electrons. The van der Waals surface area contributed by atoms with E-state index >= 15 is 0 Å². The van der Waals surface area contributed by atoms with Gasteiger partial charge in [0.2, 0.25) is 6.41 Å². The molecule has 3 rings (SSSR count). The fourth-order valence-corrected chi connectivity index (χ4v) is 3.17. The van der Waals surface area contributed by atoms with Crippen LogP contribution in [0, 0.1) is 0 Å². The molecule has 2 heterocycles. The van der Waals surface area contributed by atoms with Crippen LogP contribution in [0.2, 0.25) is 0 Å². The molecule has 2 amide bonds. The highest BCUT2D eigenvalue weighted by Crippen LogP contribution is 2.23. The first-order valence-electron chi connectivity index (χ1n) is 9.15. The largest absolute Gasteiger partial charge is 0.444 e. The van der Waals surface area contributed by atoms with Gasteiger partial charge < -0.3 is 15.0 Å². The summed E-state index contributed by atoms with van der Waals surface area (Å²) in [5.74, 6) is 0.547. The summed E-state index contributed by atoms with van der Waals surface area (Å²) in [6, 6.07) is 9.82. The van der Waals surface area contributed by atoms with E-state index in [2.05, 4.69) is 15.2 Å². The fraction of sp³-hybridized carbons (Fsp3) is 0.450. The molecule has 0 unspecified atom stereocenters. The van der Waals surface area contributed by atoms with Gasteiger partial charge in [0.1, 0.15) is 11.4 Å². The second kappa shape index (κ2) is 7.92. The van der Waals surface area contributed by atoms with Gasteiger partial charge in [0.15, 0.2) is 0 Å². The second-order valence-electron chi connectivity index (χ2n) is 7.69. The maximum absolute atomic E-state index is 12.2. The molecule has 0 aliphatic carbocycles. The number of anilines is 1. The number of piperazine rings is 1. The lowest BCUT2D eigenvalue weighted by Gasteiger charge is -2.35. The van der Waals surface area contributed by atoms with Crippen LogP contribution in [0.15, 0.2) is 30.3 Å². The van der Waals surface area contributed by atoms with Gasteiger partial charge >= 0.3 is 6.09 Å². The number of para-hydroxylation sites is 1. The van der Waals surface area contributed by atoms with Crippen LogP contribution in [0.25, 0.3) is 10.9 Å². The lowest BCUT2D eigenvalue weighted by Crippen LogP contribution is -2.49. The van der Waals surface area contributed by atoms with E-state index in [1.54, 1.807) is 4.90 Å². The Labute approximate surface area is 159 Å². The van der Waals surface area contributed by atoms with Crippen molar-refractivity contribution in [1.82, 2.24) is 14.8 Å². The third kappa shape index (κ3) is 4.95. The topological polar surface area (TPSA) is 74.8 Å². The van der Waals surface area contributed by atoms with Crippen molar-refractivity contribution in [3.05, 3.63) is 35.9 Å². The van der Waals surface area contributed by atoms with Gasteiger partial charge in [0.05, 0.1) is 5.52 Å². The van der Waals surface area contributed by atoms with Crippen molar-refractivity contribution in [3.8, 4) is 0 Å². The van der Waals surface area contributed by atoms with Gasteiger partial charge in [-0.25, -0.2) is 9.78 Å². The average molecular weight is 370 g/mol. The number of carbonyl (C=O) groups is 2. The number of amides is 2. The first kappa shape index (κ1) is 19.1. The van der Waals surface area contributed by atoms with Crippen LogP contribution in [-0.4, -0.2) is 59.1 Å². The summed E-state index contributed by atoms with van der Waals surface area (Å²) in [5.41, 5.74) is 1.48. The molecule has 27 heavy (non-hydrogen) atoms. The lowest BCUT2D eigenvalue weighted by molar-refractivity contribution is -0.105. The predicted molar refractivity (Wildman–Crippen MR) is 105 cm³/mol. The summed E-state index contributed by atoms with van der Waals surface area (Å²) in [5, 5.41) is 3.71. The van der Waals surface area contributed by atoms with Crippen LogP contribution in [0.1, 0.15) is 26.3 Å². The Morgan fingerprint density at radius 3 is 2.59 bits per heavy atom. The van der Waals surface area contributed by atoms with E-state index in [1.165, 1.54) is 0 Å². The lowest BCUT2D eigenvalue weighted by atomic mass is 10.1. The molecule has 1 saturated heterocycles. The maximum atomic E-state index is 12.2. The first-order chi connectivity index (χ1) is 12.9. The molecule has 0 spiro atoms. The van der Waals surface area contributed by atoms with Crippen molar-refractivity contribution in [2.24, 2.45) is 0 Å². The van der Waals surface area contributed by atoms with Gasteiger partial charge in [-0.15, -0.1) is 0 Å². The first-order valence-corrected chi connectivity index (χ1v) is 9.15. The molecule has 2 aromatic rings. The van der Waals surface area contributed by atoms with Crippen molar-refractivity contribution in [3.63, 3.8) is 0 Å². The molecular formula is C20H26N4O3. The van der Waals surface area contributed by atoms with Crippen molar-refractivity contribution in [1.29, 1.82) is 0 Å². The van der Waals surface area contributed by atoms with Gasteiger partial charge in [-0.3, -0.25) is 9.69 Å². The van der Waals surface area contributed by atoms with E-state index in [-0.39, 0.29) is 6.09 Å². The third-order valence-electron chi connectivity index (χ3n) is 4.43. The SMILES string of the molecule is CC(C)(C)OC(=O)N1CCN(Cc2cc(NC=O)nc3ccccc23)CC1. The monoisotopic (exact) mass is 370 g/mol. The Bertz CT molecular complexity index is 824. The zero-order chi connectivity index (χ0) is 19.4. The molecule has 1 aromatic carbocycles. The molecule has 7 nitrogen and oxygen atoms in total. The number of hydrogen-bond acceptors (Lipinski definition) is 5. The van der Waals surface area contributed by atoms with Gasteiger partial charge in [-0.1, -0.05) is 18.2 Å². The van der Waals surface area contributed by atoms with E-state index in [9.17, 15) is 9.59 Å². The number of aromatic nitrogens is 1. The summed E-state index contributed by atoms with van der Waals surface area (Å²) in [7, 11) is 0. The Morgan fingerprint density at radius 1 is 1.22 bits per heavy atom. The zero-order valence-corrected chi connectivity index (χ0v) is 16.1. The maximum Gasteiger partial charge on any atom is 0.410 e. The number of pyridine rings is 1. The van der Waals surface area contributed by atoms with Crippen LogP contribution < -0.4 is 5.32 Å². The predicted octanol–water partition coefficient (Wildman–Crippen LogP) is 2.86. The number of rotatable bonds is 4. The van der Waals surface area contributed by atoms with Gasteiger partial charge in [0.25, 0.3) is 0 Å². The minimum absolute atomic E-state index is 0.256. The number of nitrogens with one attached hydrogen (secondary N) is 1. The number of nitrogens with zero attached hydrogens (tertiary/aromatic N) is 3. The quantitative estimate of drug-likeness (QED) is 0.838. The van der Waals surface area contributed by atoms with E-state index in [0.717, 1.165) is 36.1 Å². The summed E-state index contributed by atoms with van der Waals surface area (Å²) < 4.78 is 5.45. The Hall–Kier alpha value is -2.67. The van der Waals surface area contributed by atoms with Gasteiger partial charge in [0, 0.05) is 38.1 Å². The molecule has 7 heteroatoms. The fourth-order valence-electron chi connectivity index (χ4n) is 3.17. The highest BCUT2D eigenvalue weighted by Gasteiger charge is 2.26. The molecule has 0 bridgehead atoms. The molecular weight excluding hydrogens is 344 g/mol. The number of carbonyl (C=O) groups excluding carboxylic acids is 2. The van der Waals surface area contributed by atoms with Gasteiger partial charge in [-0.05, 0) is 38.5 Å². The smallest absolute Gasteiger partial charge is 0.410 e. The van der Waals surface area contributed by atoms with Crippen molar-refractivity contribution < 1.29 is 14.3 Å². The zero-order valence-electron chi connectivity index (χ0n) is 16.1. The molecule has 1 aliphatic rings. The van der Waals surface area contributed by atoms with E-state index in [4.69, 9.17) is 4.74 Å². The molecule has 0 saturated carbocycles. The minimum atomic E-state index is -0.480. The van der Waals surface area contributed by atoms with Crippen LogP contribution in [0.4, 0.5) is 10.6 Å². The molecule has 1 fully saturated rings. The average Bonchev–Trinajstić information content (AvgIpc) is 2.61. The highest BCUT2D eigenvalue weighted by molar-refractivity contribution is 5.85. The minimum Gasteiger partial charge on any atom is -0.444 e. The number of hydrogen-bond donors (Lipinski definition) is 1. The van der Waals surface area contributed by atoms with E-state index in [0.29, 0.717) is 25.3 Å². The number of benzene rings is 1. The Kier molecular flexibility index (Phi) is 5.60. The Morgan fingerprint density at radius 2 is 1.93 bits per heavy atom. The Balaban J connectivity index is 1.68. The number of ether oxygens (including phenoxy) is 1. The van der Waals surface area contributed by atoms with Crippen molar-refractivity contribution >= 4 is 29.2 Å². The van der Waals surface area contributed by atoms with Crippen LogP contribution in [0.5, 0.6) is 0 Å². The summed E-state index contributed by atoms with van der Waals surface area (Å²) >= 11 is 0. The summed E-state index contributed by atoms with van der Waals surface area (Å²) in [6.45, 7) is 9.17. The normalized spacial score (nSPS) is 15.6. The second-order valence-corrected chi connectivity index (χ2v) is 7.69. The van der Waals surface area contributed by atoms with Crippen molar-refractivity contribution in [2.45, 2.75) is 32.9 Å². The highest BCUT2D eigenvalue weighted by atomic mass is 16.6. The molecule has 1 aromatic heterocycles.